The van der Waals surface area contributed by atoms with Crippen LogP contribution in [0.25, 0.3) is 20.4 Å². The number of benzene rings is 2. The van der Waals surface area contributed by atoms with E-state index in [0.717, 1.165) is 24.1 Å². The minimum atomic E-state index is 1.07. The van der Waals surface area contributed by atoms with Crippen molar-refractivity contribution in [1.29, 1.82) is 0 Å². The number of aromatic nitrogens is 1. The molecule has 126 valence electrons. The fourth-order valence-corrected chi connectivity index (χ4v) is 4.02. The summed E-state index contributed by atoms with van der Waals surface area (Å²) < 4.78 is 2.50. The van der Waals surface area contributed by atoms with Crippen molar-refractivity contribution in [2.24, 2.45) is 0 Å². The average Bonchev–Trinajstić information content (AvgIpc) is 2.58. The van der Waals surface area contributed by atoms with Gasteiger partial charge in [-0.1, -0.05) is 13.8 Å². The molecule has 0 aliphatic carbocycles. The Labute approximate surface area is 148 Å². The summed E-state index contributed by atoms with van der Waals surface area (Å²) in [4.78, 5) is 9.46. The van der Waals surface area contributed by atoms with Crippen molar-refractivity contribution in [3.63, 3.8) is 0 Å². The number of anilines is 2. The van der Waals surface area contributed by atoms with Crippen LogP contribution in [0.2, 0.25) is 0 Å². The van der Waals surface area contributed by atoms with Gasteiger partial charge >= 0.3 is 0 Å². The maximum Gasteiger partial charge on any atom is 0.259 e. The normalized spacial score (nSPS) is 11.2. The standard InChI is InChI=1S/C20H26N3S/c1-5-11-23(12-6-2)16-8-10-18-20(14-16)24-19-13-15(22(3)4)7-9-17(19)21-18/h7-10,13-14H,5-6,11-12H2,1-4H3/q+1. The van der Waals surface area contributed by atoms with Crippen molar-refractivity contribution in [2.45, 2.75) is 26.7 Å². The second-order valence-corrected chi connectivity index (χ2v) is 7.48. The Balaban J connectivity index is 2.08. The zero-order valence-electron chi connectivity index (χ0n) is 15.0. The molecule has 2 aromatic carbocycles. The Morgan fingerprint density at radius 3 is 1.92 bits per heavy atom. The molecule has 0 atom stereocenters. The van der Waals surface area contributed by atoms with Gasteiger partial charge in [0.2, 0.25) is 11.3 Å². The first-order valence-electron chi connectivity index (χ1n) is 8.72. The highest BCUT2D eigenvalue weighted by Gasteiger charge is 2.16. The van der Waals surface area contributed by atoms with E-state index in [0.29, 0.717) is 0 Å². The molecule has 0 radical (unpaired) electrons. The molecule has 3 rings (SSSR count). The summed E-state index contributed by atoms with van der Waals surface area (Å²) in [5.74, 6) is 0. The van der Waals surface area contributed by atoms with Crippen LogP contribution in [0.1, 0.15) is 26.7 Å². The molecule has 0 bridgehead atoms. The Kier molecular flexibility index (Phi) is 5.14. The summed E-state index contributed by atoms with van der Waals surface area (Å²) in [6.45, 7) is 6.69. The van der Waals surface area contributed by atoms with Gasteiger partial charge in [0.05, 0.1) is 0 Å². The molecule has 4 heteroatoms. The molecule has 3 nitrogen and oxygen atoms in total. The van der Waals surface area contributed by atoms with Crippen molar-refractivity contribution in [3.8, 4) is 0 Å². The molecule has 0 unspecified atom stereocenters. The highest BCUT2D eigenvalue weighted by molar-refractivity contribution is 7.24. The monoisotopic (exact) mass is 340 g/mol. The third kappa shape index (κ3) is 3.44. The quantitative estimate of drug-likeness (QED) is 0.441. The first-order chi connectivity index (χ1) is 11.6. The minimum Gasteiger partial charge on any atom is -0.377 e. The fraction of sp³-hybridized carbons (Fsp3) is 0.400. The number of nitrogens with zero attached hydrogens (tertiary/aromatic N) is 3. The molecule has 3 aromatic rings. The fourth-order valence-electron chi connectivity index (χ4n) is 2.99. The van der Waals surface area contributed by atoms with Crippen molar-refractivity contribution < 1.29 is 0 Å². The summed E-state index contributed by atoms with van der Waals surface area (Å²) >= 11 is 1.83. The van der Waals surface area contributed by atoms with E-state index in [2.05, 4.69) is 74.1 Å². The molecular weight excluding hydrogens is 314 g/mol. The highest BCUT2D eigenvalue weighted by Crippen LogP contribution is 2.31. The number of rotatable bonds is 6. The van der Waals surface area contributed by atoms with Gasteiger partial charge in [0.25, 0.3) is 9.40 Å². The van der Waals surface area contributed by atoms with Crippen molar-refractivity contribution in [2.75, 3.05) is 37.0 Å². The van der Waals surface area contributed by atoms with Crippen LogP contribution in [0.3, 0.4) is 0 Å². The van der Waals surface area contributed by atoms with Crippen LogP contribution in [0.4, 0.5) is 11.4 Å². The molecule has 0 amide bonds. The van der Waals surface area contributed by atoms with Crippen LogP contribution in [0, 0.1) is 0 Å². The zero-order chi connectivity index (χ0) is 17.1. The lowest BCUT2D eigenvalue weighted by Crippen LogP contribution is -2.24. The van der Waals surface area contributed by atoms with Gasteiger partial charge in [-0.05, 0) is 37.1 Å². The van der Waals surface area contributed by atoms with E-state index in [-0.39, 0.29) is 0 Å². The topological polar surface area (TPSA) is 19.4 Å². The summed E-state index contributed by atoms with van der Waals surface area (Å²) in [5, 5.41) is 0. The Hall–Kier alpha value is -1.94. The number of fused-ring (bicyclic) bond motifs is 2. The highest BCUT2D eigenvalue weighted by atomic mass is 32.1. The third-order valence-corrected chi connectivity index (χ3v) is 5.31. The molecule has 0 saturated heterocycles. The number of hydrogen-bond donors (Lipinski definition) is 0. The lowest BCUT2D eigenvalue weighted by atomic mass is 10.2. The molecule has 0 N–H and O–H groups in total. The molecule has 0 saturated carbocycles. The van der Waals surface area contributed by atoms with Crippen molar-refractivity contribution >= 4 is 43.1 Å². The van der Waals surface area contributed by atoms with E-state index in [4.69, 9.17) is 4.98 Å². The first kappa shape index (κ1) is 16.9. The van der Waals surface area contributed by atoms with E-state index < -0.39 is 0 Å². The Morgan fingerprint density at radius 1 is 0.833 bits per heavy atom. The molecule has 0 aliphatic heterocycles. The van der Waals surface area contributed by atoms with Crippen LogP contribution in [0.15, 0.2) is 36.4 Å². The van der Waals surface area contributed by atoms with Gasteiger partial charge in [-0.2, -0.15) is 0 Å². The maximum absolute atomic E-state index is 4.84. The van der Waals surface area contributed by atoms with Crippen molar-refractivity contribution in [3.05, 3.63) is 36.4 Å². The largest absolute Gasteiger partial charge is 0.377 e. The van der Waals surface area contributed by atoms with Gasteiger partial charge < -0.3 is 9.80 Å². The Morgan fingerprint density at radius 2 is 1.38 bits per heavy atom. The van der Waals surface area contributed by atoms with Gasteiger partial charge in [-0.15, -0.1) is 0 Å². The molecule has 0 spiro atoms. The molecule has 0 aliphatic rings. The predicted octanol–water partition coefficient (Wildman–Crippen LogP) is 5.42. The second kappa shape index (κ2) is 7.31. The number of hydrogen-bond acceptors (Lipinski definition) is 3. The van der Waals surface area contributed by atoms with E-state index in [1.165, 1.54) is 33.6 Å². The smallest absolute Gasteiger partial charge is 0.259 e. The van der Waals surface area contributed by atoms with Crippen molar-refractivity contribution in [1.82, 2.24) is 4.98 Å². The summed E-state index contributed by atoms with van der Waals surface area (Å²) in [6.07, 6.45) is 2.34. The predicted molar refractivity (Wildman–Crippen MR) is 109 cm³/mol. The van der Waals surface area contributed by atoms with Crippen LogP contribution in [-0.4, -0.2) is 32.2 Å². The molecule has 24 heavy (non-hydrogen) atoms. The molecular formula is C20H26N3S+. The van der Waals surface area contributed by atoms with Crippen LogP contribution >= 0.6 is 11.3 Å². The summed E-state index contributed by atoms with van der Waals surface area (Å²) in [6, 6.07) is 13.2. The van der Waals surface area contributed by atoms with E-state index in [9.17, 15) is 0 Å². The van der Waals surface area contributed by atoms with Gasteiger partial charge in [0.1, 0.15) is 11.0 Å². The van der Waals surface area contributed by atoms with Gasteiger partial charge in [-0.25, -0.2) is 4.98 Å². The van der Waals surface area contributed by atoms with E-state index >= 15 is 0 Å². The van der Waals surface area contributed by atoms with Gasteiger partial charge in [0, 0.05) is 50.7 Å². The molecule has 1 heterocycles. The molecule has 1 aromatic heterocycles. The SMILES string of the molecule is CCCN(CCC)c1ccc2nc3ccc(N(C)C)cc3[s+]c2c1. The zero-order valence-corrected chi connectivity index (χ0v) is 15.9. The van der Waals surface area contributed by atoms with Gasteiger partial charge in [-0.3, -0.25) is 0 Å². The van der Waals surface area contributed by atoms with Gasteiger partial charge in [0.15, 0.2) is 0 Å². The van der Waals surface area contributed by atoms with E-state index in [1.807, 2.05) is 11.3 Å². The first-order valence-corrected chi connectivity index (χ1v) is 9.54. The average molecular weight is 341 g/mol. The minimum absolute atomic E-state index is 1.07. The van der Waals surface area contributed by atoms with Crippen LogP contribution < -0.4 is 9.80 Å². The van der Waals surface area contributed by atoms with Crippen LogP contribution in [-0.2, 0) is 0 Å². The van der Waals surface area contributed by atoms with E-state index in [1.54, 1.807) is 0 Å². The van der Waals surface area contributed by atoms with Crippen LogP contribution in [0.5, 0.6) is 0 Å². The lowest BCUT2D eigenvalue weighted by molar-refractivity contribution is 0.745. The lowest BCUT2D eigenvalue weighted by Gasteiger charge is -2.23. The molecule has 0 fully saturated rings. The summed E-state index contributed by atoms with van der Waals surface area (Å²) in [7, 11) is 4.15. The maximum atomic E-state index is 4.84. The Bertz CT molecular complexity index is 839. The summed E-state index contributed by atoms with van der Waals surface area (Å²) in [5.41, 5.74) is 4.69. The second-order valence-electron chi connectivity index (χ2n) is 6.40. The third-order valence-electron chi connectivity index (χ3n) is 4.22.